The second-order valence-electron chi connectivity index (χ2n) is 5.73. The van der Waals surface area contributed by atoms with Crippen molar-refractivity contribution in [2.75, 3.05) is 32.7 Å². The molecule has 0 spiro atoms. The van der Waals surface area contributed by atoms with Crippen molar-refractivity contribution in [3.05, 3.63) is 0 Å². The number of hydrogen-bond donors (Lipinski definition) is 2. The van der Waals surface area contributed by atoms with Crippen molar-refractivity contribution in [1.29, 1.82) is 0 Å². The summed E-state index contributed by atoms with van der Waals surface area (Å²) < 4.78 is 0. The number of likely N-dealkylation sites (tertiary alicyclic amines) is 1. The number of rotatable bonds is 8. The molecule has 0 bridgehead atoms. The quantitative estimate of drug-likeness (QED) is 0.408. The molecule has 0 atom stereocenters. The summed E-state index contributed by atoms with van der Waals surface area (Å²) >= 11 is 0. The molecule has 118 valence electrons. The zero-order valence-corrected chi connectivity index (χ0v) is 13.7. The van der Waals surface area contributed by atoms with Gasteiger partial charge in [0.2, 0.25) is 0 Å². The molecule has 4 heteroatoms. The van der Waals surface area contributed by atoms with Gasteiger partial charge >= 0.3 is 0 Å². The Morgan fingerprint density at radius 1 is 1.10 bits per heavy atom. The predicted octanol–water partition coefficient (Wildman–Crippen LogP) is 2.61. The number of piperidine rings is 1. The fraction of sp³-hybridized carbons (Fsp3) is 0.938. The fourth-order valence-corrected chi connectivity index (χ4v) is 2.68. The lowest BCUT2D eigenvalue weighted by atomic mass is 10.1. The minimum absolute atomic E-state index is 0.590. The lowest BCUT2D eigenvalue weighted by Gasteiger charge is -2.32. The molecule has 1 heterocycles. The summed E-state index contributed by atoms with van der Waals surface area (Å²) in [6.45, 7) is 12.2. The van der Waals surface area contributed by atoms with E-state index in [1.807, 2.05) is 0 Å². The zero-order chi connectivity index (χ0) is 14.6. The highest BCUT2D eigenvalue weighted by molar-refractivity contribution is 5.80. The third-order valence-electron chi connectivity index (χ3n) is 3.84. The molecule has 0 aromatic carbocycles. The first-order valence-corrected chi connectivity index (χ1v) is 8.57. The Morgan fingerprint density at radius 2 is 1.85 bits per heavy atom. The van der Waals surface area contributed by atoms with Crippen LogP contribution in [-0.4, -0.2) is 49.6 Å². The first-order valence-electron chi connectivity index (χ1n) is 8.57. The molecule has 0 saturated carbocycles. The molecule has 0 radical (unpaired) electrons. The largest absolute Gasteiger partial charge is 0.357 e. The van der Waals surface area contributed by atoms with Gasteiger partial charge in [0.1, 0.15) is 0 Å². The van der Waals surface area contributed by atoms with Crippen LogP contribution in [0.25, 0.3) is 0 Å². The number of nitrogens with zero attached hydrogens (tertiary/aromatic N) is 2. The van der Waals surface area contributed by atoms with E-state index in [0.717, 1.165) is 19.0 Å². The number of hydrogen-bond acceptors (Lipinski definition) is 2. The lowest BCUT2D eigenvalue weighted by Crippen LogP contribution is -2.48. The molecule has 0 aromatic heterocycles. The van der Waals surface area contributed by atoms with Crippen LogP contribution >= 0.6 is 0 Å². The van der Waals surface area contributed by atoms with Gasteiger partial charge in [-0.05, 0) is 39.2 Å². The Bertz CT molecular complexity index is 257. The average Bonchev–Trinajstić information content (AvgIpc) is 2.46. The van der Waals surface area contributed by atoms with Crippen molar-refractivity contribution in [3.8, 4) is 0 Å². The Balaban J connectivity index is 2.30. The van der Waals surface area contributed by atoms with E-state index >= 15 is 0 Å². The molecule has 4 nitrogen and oxygen atoms in total. The molecular formula is C16H34N4. The second-order valence-corrected chi connectivity index (χ2v) is 5.73. The average molecular weight is 282 g/mol. The number of unbranched alkanes of at least 4 members (excludes halogenated alkanes) is 2. The molecule has 1 fully saturated rings. The monoisotopic (exact) mass is 282 g/mol. The molecule has 2 N–H and O–H groups in total. The van der Waals surface area contributed by atoms with E-state index in [1.54, 1.807) is 0 Å². The van der Waals surface area contributed by atoms with Gasteiger partial charge in [0.05, 0.1) is 0 Å². The maximum absolute atomic E-state index is 4.68. The maximum atomic E-state index is 4.68. The van der Waals surface area contributed by atoms with Crippen LogP contribution in [0.2, 0.25) is 0 Å². The van der Waals surface area contributed by atoms with Gasteiger partial charge in [0.25, 0.3) is 0 Å². The molecule has 0 unspecified atom stereocenters. The van der Waals surface area contributed by atoms with Crippen molar-refractivity contribution in [2.45, 2.75) is 65.3 Å². The summed E-state index contributed by atoms with van der Waals surface area (Å²) in [6, 6.07) is 0.590. The van der Waals surface area contributed by atoms with Crippen molar-refractivity contribution in [3.63, 3.8) is 0 Å². The lowest BCUT2D eigenvalue weighted by molar-refractivity contribution is 0.206. The molecule has 0 aromatic rings. The molecular weight excluding hydrogens is 248 g/mol. The normalized spacial score (nSPS) is 18.2. The van der Waals surface area contributed by atoms with Gasteiger partial charge in [-0.3, -0.25) is 4.99 Å². The molecule has 0 amide bonds. The third kappa shape index (κ3) is 7.13. The highest BCUT2D eigenvalue weighted by Crippen LogP contribution is 2.10. The molecule has 20 heavy (non-hydrogen) atoms. The fourth-order valence-electron chi connectivity index (χ4n) is 2.68. The van der Waals surface area contributed by atoms with E-state index in [-0.39, 0.29) is 0 Å². The third-order valence-corrected chi connectivity index (χ3v) is 3.84. The van der Waals surface area contributed by atoms with Gasteiger partial charge in [-0.1, -0.05) is 26.7 Å². The van der Waals surface area contributed by atoms with Crippen molar-refractivity contribution in [1.82, 2.24) is 15.5 Å². The summed E-state index contributed by atoms with van der Waals surface area (Å²) in [7, 11) is 0. The van der Waals surface area contributed by atoms with Gasteiger partial charge in [-0.2, -0.15) is 0 Å². The van der Waals surface area contributed by atoms with Crippen LogP contribution < -0.4 is 10.6 Å². The van der Waals surface area contributed by atoms with Crippen LogP contribution in [0.15, 0.2) is 4.99 Å². The molecule has 1 rings (SSSR count). The predicted molar refractivity (Wildman–Crippen MR) is 88.4 cm³/mol. The topological polar surface area (TPSA) is 39.7 Å². The van der Waals surface area contributed by atoms with Crippen LogP contribution in [0.4, 0.5) is 0 Å². The van der Waals surface area contributed by atoms with Gasteiger partial charge in [0.15, 0.2) is 5.96 Å². The van der Waals surface area contributed by atoms with E-state index < -0.39 is 0 Å². The molecule has 1 aliphatic heterocycles. The summed E-state index contributed by atoms with van der Waals surface area (Å²) in [4.78, 5) is 7.25. The standard InChI is InChI=1S/C16H34N4/c1-4-7-8-11-18-16(17-6-3)19-15-9-13-20(12-5-2)14-10-15/h15H,4-14H2,1-3H3,(H2,17,18,19). The van der Waals surface area contributed by atoms with Gasteiger partial charge in [-0.25, -0.2) is 0 Å². The van der Waals surface area contributed by atoms with Crippen molar-refractivity contribution < 1.29 is 0 Å². The highest BCUT2D eigenvalue weighted by atomic mass is 15.2. The van der Waals surface area contributed by atoms with Crippen LogP contribution in [0.5, 0.6) is 0 Å². The van der Waals surface area contributed by atoms with E-state index in [9.17, 15) is 0 Å². The van der Waals surface area contributed by atoms with Gasteiger partial charge < -0.3 is 15.5 Å². The number of nitrogens with one attached hydrogen (secondary N) is 2. The van der Waals surface area contributed by atoms with Gasteiger partial charge in [-0.15, -0.1) is 0 Å². The Labute approximate surface area is 125 Å². The van der Waals surface area contributed by atoms with Crippen LogP contribution in [0, 0.1) is 0 Å². The smallest absolute Gasteiger partial charge is 0.191 e. The first kappa shape index (κ1) is 17.3. The Hall–Kier alpha value is -0.770. The van der Waals surface area contributed by atoms with E-state index in [0.29, 0.717) is 6.04 Å². The SMILES string of the molecule is CCCCCN=C(NCC)NC1CCN(CCC)CC1. The van der Waals surface area contributed by atoms with Gasteiger partial charge in [0, 0.05) is 32.2 Å². The molecule has 1 saturated heterocycles. The van der Waals surface area contributed by atoms with Crippen LogP contribution in [0.3, 0.4) is 0 Å². The zero-order valence-electron chi connectivity index (χ0n) is 13.7. The van der Waals surface area contributed by atoms with E-state index in [4.69, 9.17) is 0 Å². The van der Waals surface area contributed by atoms with Crippen molar-refractivity contribution in [2.24, 2.45) is 4.99 Å². The molecule has 1 aliphatic rings. The minimum atomic E-state index is 0.590. The Morgan fingerprint density at radius 3 is 2.45 bits per heavy atom. The summed E-state index contributed by atoms with van der Waals surface area (Å²) in [5.41, 5.74) is 0. The minimum Gasteiger partial charge on any atom is -0.357 e. The Kier molecular flexibility index (Phi) is 9.46. The van der Waals surface area contributed by atoms with Crippen molar-refractivity contribution >= 4 is 5.96 Å². The van der Waals surface area contributed by atoms with E-state index in [1.165, 1.54) is 58.2 Å². The van der Waals surface area contributed by atoms with Crippen LogP contribution in [-0.2, 0) is 0 Å². The number of guanidine groups is 1. The highest BCUT2D eigenvalue weighted by Gasteiger charge is 2.19. The van der Waals surface area contributed by atoms with E-state index in [2.05, 4.69) is 41.3 Å². The maximum Gasteiger partial charge on any atom is 0.191 e. The molecule has 0 aliphatic carbocycles. The summed E-state index contributed by atoms with van der Waals surface area (Å²) in [6.07, 6.45) is 7.47. The first-order chi connectivity index (χ1) is 9.80. The summed E-state index contributed by atoms with van der Waals surface area (Å²) in [5, 5.41) is 6.98. The summed E-state index contributed by atoms with van der Waals surface area (Å²) in [5.74, 6) is 1.01. The number of aliphatic imine (C=N–C) groups is 1. The second kappa shape index (κ2) is 11.0. The van der Waals surface area contributed by atoms with Crippen LogP contribution in [0.1, 0.15) is 59.3 Å².